The Morgan fingerprint density at radius 3 is 2.50 bits per heavy atom. The van der Waals surface area contributed by atoms with Crippen LogP contribution in [0, 0.1) is 60.5 Å². The number of anilines is 1. The smallest absolute Gasteiger partial charge is 0.293 e. The van der Waals surface area contributed by atoms with E-state index in [4.69, 9.17) is 5.73 Å². The van der Waals surface area contributed by atoms with Crippen LogP contribution in [0.1, 0.15) is 11.1 Å². The number of nitrogens with zero attached hydrogens (tertiary/aromatic N) is 1. The second-order valence-electron chi connectivity index (χ2n) is 3.93. The van der Waals surface area contributed by atoms with E-state index < -0.39 is 4.92 Å². The molecule has 1 fully saturated rings. The van der Waals surface area contributed by atoms with E-state index in [0.29, 0.717) is 5.56 Å². The van der Waals surface area contributed by atoms with Crippen LogP contribution in [0.2, 0.25) is 0 Å². The summed E-state index contributed by atoms with van der Waals surface area (Å²) in [5.41, 5.74) is 7.02. The lowest BCUT2D eigenvalue weighted by Gasteiger charge is -2.02. The van der Waals surface area contributed by atoms with E-state index in [0.717, 1.165) is 11.5 Å². The number of benzene rings is 1. The van der Waals surface area contributed by atoms with Gasteiger partial charge >= 0.3 is 0 Å². The number of aryl methyl sites for hydroxylation is 1. The Morgan fingerprint density at radius 1 is 1.22 bits per heavy atom. The molecule has 18 heavy (non-hydrogen) atoms. The second-order valence-corrected chi connectivity index (χ2v) is 3.93. The van der Waals surface area contributed by atoms with E-state index in [1.165, 1.54) is 6.07 Å². The van der Waals surface area contributed by atoms with Gasteiger partial charge < -0.3 is 5.73 Å². The first-order valence-electron chi connectivity index (χ1n) is 5.36. The largest absolute Gasteiger partial charge is 0.392 e. The highest BCUT2D eigenvalue weighted by Crippen LogP contribution is 2.27. The van der Waals surface area contributed by atoms with E-state index in [2.05, 4.69) is 11.8 Å². The van der Waals surface area contributed by atoms with Crippen molar-refractivity contribution in [2.24, 2.45) is 0 Å². The van der Waals surface area contributed by atoms with Gasteiger partial charge in [-0.25, -0.2) is 0 Å². The molecule has 0 saturated heterocycles. The predicted molar refractivity (Wildman–Crippen MR) is 69.6 cm³/mol. The summed E-state index contributed by atoms with van der Waals surface area (Å²) in [5, 5.41) is 10.8. The lowest BCUT2D eigenvalue weighted by Crippen LogP contribution is -1.99. The maximum Gasteiger partial charge on any atom is 0.293 e. The lowest BCUT2D eigenvalue weighted by atomic mass is 10.1. The third-order valence-electron chi connectivity index (χ3n) is 2.50. The molecule has 1 aromatic carbocycles. The van der Waals surface area contributed by atoms with Crippen molar-refractivity contribution in [3.05, 3.63) is 65.0 Å². The number of nitro groups is 1. The number of rotatable bonds is 1. The molecule has 0 aliphatic heterocycles. The van der Waals surface area contributed by atoms with Crippen molar-refractivity contribution in [1.29, 1.82) is 0 Å². The SMILES string of the molecule is Cc1cc(C#C[C]2[CH][CH][CH][CH]2)c(N)c([N+](=O)[O-])c1. The van der Waals surface area contributed by atoms with E-state index >= 15 is 0 Å². The normalized spacial score (nSPS) is 15.2. The van der Waals surface area contributed by atoms with Crippen LogP contribution in [0.15, 0.2) is 12.1 Å². The highest BCUT2D eigenvalue weighted by molar-refractivity contribution is 5.70. The first-order chi connectivity index (χ1) is 8.58. The first-order valence-corrected chi connectivity index (χ1v) is 5.36. The van der Waals surface area contributed by atoms with Gasteiger partial charge in [0.2, 0.25) is 0 Å². The summed E-state index contributed by atoms with van der Waals surface area (Å²) in [6.07, 6.45) is 7.50. The summed E-state index contributed by atoms with van der Waals surface area (Å²) >= 11 is 0. The Bertz CT molecular complexity index is 535. The summed E-state index contributed by atoms with van der Waals surface area (Å²) in [5.74, 6) is 6.65. The molecular weight excluding hydrogens is 228 g/mol. The minimum atomic E-state index is -0.490. The highest BCUT2D eigenvalue weighted by atomic mass is 16.6. The number of nitrogens with two attached hydrogens (primary N) is 1. The molecule has 0 unspecified atom stereocenters. The minimum Gasteiger partial charge on any atom is -0.392 e. The van der Waals surface area contributed by atoms with Crippen molar-refractivity contribution in [3.63, 3.8) is 0 Å². The molecule has 1 aromatic rings. The first kappa shape index (κ1) is 12.4. The highest BCUT2D eigenvalue weighted by Gasteiger charge is 2.16. The summed E-state index contributed by atoms with van der Waals surface area (Å²) in [4.78, 5) is 10.3. The molecule has 0 aromatic heterocycles. The van der Waals surface area contributed by atoms with Gasteiger partial charge in [0.05, 0.1) is 16.4 Å². The van der Waals surface area contributed by atoms with E-state index in [-0.39, 0.29) is 11.4 Å². The molecule has 2 rings (SSSR count). The maximum atomic E-state index is 10.8. The quantitative estimate of drug-likeness (QED) is 0.353. The summed E-state index contributed by atoms with van der Waals surface area (Å²) in [7, 11) is 0. The summed E-state index contributed by atoms with van der Waals surface area (Å²) in [6.45, 7) is 1.78. The van der Waals surface area contributed by atoms with Gasteiger partial charge in [0.1, 0.15) is 5.69 Å². The standard InChI is InChI=1S/C14H11N2O2/c1-10-8-12(7-6-11-4-2-3-5-11)14(15)13(9-10)16(17)18/h2-5,8-9H,15H2,1H3. The Kier molecular flexibility index (Phi) is 3.52. The number of hydrogen-bond donors (Lipinski definition) is 1. The van der Waals surface area contributed by atoms with E-state index in [1.54, 1.807) is 13.0 Å². The molecule has 0 atom stereocenters. The zero-order valence-corrected chi connectivity index (χ0v) is 9.81. The van der Waals surface area contributed by atoms with E-state index in [9.17, 15) is 10.1 Å². The predicted octanol–water partition coefficient (Wildman–Crippen LogP) is 2.24. The molecule has 4 nitrogen and oxygen atoms in total. The number of nitrogen functional groups attached to an aromatic ring is 1. The van der Waals surface area contributed by atoms with Crippen LogP contribution in [0.5, 0.6) is 0 Å². The molecule has 0 amide bonds. The van der Waals surface area contributed by atoms with Crippen molar-refractivity contribution in [3.8, 4) is 11.8 Å². The molecule has 4 heteroatoms. The molecule has 1 aliphatic carbocycles. The monoisotopic (exact) mass is 239 g/mol. The fraction of sp³-hybridized carbons (Fsp3) is 0.0714. The zero-order valence-electron chi connectivity index (χ0n) is 9.81. The third kappa shape index (κ3) is 2.62. The molecular formula is C14H11N2O2. The van der Waals surface area contributed by atoms with Crippen LogP contribution < -0.4 is 5.73 Å². The fourth-order valence-corrected chi connectivity index (χ4v) is 1.63. The molecule has 1 aliphatic rings. The molecule has 5 radical (unpaired) electrons. The Labute approximate surface area is 106 Å². The molecule has 89 valence electrons. The molecule has 1 saturated carbocycles. The maximum absolute atomic E-state index is 10.8. The second kappa shape index (κ2) is 5.09. The summed E-state index contributed by atoms with van der Waals surface area (Å²) < 4.78 is 0. The van der Waals surface area contributed by atoms with Crippen molar-refractivity contribution in [1.82, 2.24) is 0 Å². The van der Waals surface area contributed by atoms with Gasteiger partial charge in [-0.2, -0.15) is 0 Å². The van der Waals surface area contributed by atoms with Crippen LogP contribution in [-0.4, -0.2) is 4.92 Å². The van der Waals surface area contributed by atoms with Crippen molar-refractivity contribution >= 4 is 11.4 Å². The Hall–Kier alpha value is -2.02. The van der Waals surface area contributed by atoms with Gasteiger partial charge in [0, 0.05) is 6.07 Å². The number of nitro benzene ring substituents is 1. The van der Waals surface area contributed by atoms with Crippen LogP contribution in [0.25, 0.3) is 0 Å². The molecule has 0 heterocycles. The van der Waals surface area contributed by atoms with Crippen molar-refractivity contribution in [2.75, 3.05) is 5.73 Å². The Balaban J connectivity index is 2.35. The minimum absolute atomic E-state index is 0.0955. The average Bonchev–Trinajstić information content (AvgIpc) is 2.82. The lowest BCUT2D eigenvalue weighted by molar-refractivity contribution is -0.383. The topological polar surface area (TPSA) is 69.2 Å². The Morgan fingerprint density at radius 2 is 1.89 bits per heavy atom. The van der Waals surface area contributed by atoms with E-state index in [1.807, 2.05) is 25.7 Å². The van der Waals surface area contributed by atoms with Gasteiger partial charge in [-0.15, -0.1) is 0 Å². The van der Waals surface area contributed by atoms with Crippen LogP contribution >= 0.6 is 0 Å². The van der Waals surface area contributed by atoms with Gasteiger partial charge in [-0.05, 0) is 44.2 Å². The number of hydrogen-bond acceptors (Lipinski definition) is 3. The molecule has 2 N–H and O–H groups in total. The van der Waals surface area contributed by atoms with Crippen LogP contribution in [0.4, 0.5) is 11.4 Å². The van der Waals surface area contributed by atoms with Gasteiger partial charge in [0.15, 0.2) is 0 Å². The van der Waals surface area contributed by atoms with Gasteiger partial charge in [0.25, 0.3) is 5.69 Å². The van der Waals surface area contributed by atoms with Gasteiger partial charge in [-0.1, -0.05) is 11.8 Å². The molecule has 0 spiro atoms. The average molecular weight is 239 g/mol. The van der Waals surface area contributed by atoms with Crippen LogP contribution in [0.3, 0.4) is 0 Å². The summed E-state index contributed by atoms with van der Waals surface area (Å²) in [6, 6.07) is 3.20. The zero-order chi connectivity index (χ0) is 13.1. The van der Waals surface area contributed by atoms with Crippen molar-refractivity contribution in [2.45, 2.75) is 6.92 Å². The van der Waals surface area contributed by atoms with Crippen LogP contribution in [-0.2, 0) is 0 Å². The van der Waals surface area contributed by atoms with Gasteiger partial charge in [-0.3, -0.25) is 10.1 Å². The van der Waals surface area contributed by atoms with Crippen molar-refractivity contribution < 1.29 is 4.92 Å². The third-order valence-corrected chi connectivity index (χ3v) is 2.50. The molecule has 0 bridgehead atoms. The fourth-order valence-electron chi connectivity index (χ4n) is 1.63.